The smallest absolute Gasteiger partial charge is 0.387 e. The second-order valence-corrected chi connectivity index (χ2v) is 8.03. The van der Waals surface area contributed by atoms with Crippen molar-refractivity contribution < 1.29 is 22.7 Å². The number of aromatic nitrogens is 4. The van der Waals surface area contributed by atoms with Gasteiger partial charge in [-0.15, -0.1) is 0 Å². The Morgan fingerprint density at radius 2 is 1.89 bits per heavy atom. The molecule has 0 saturated carbocycles. The number of urea groups is 1. The highest BCUT2D eigenvalue weighted by Gasteiger charge is 2.34. The number of aryl methyl sites for hydroxylation is 1. The lowest BCUT2D eigenvalue weighted by Crippen LogP contribution is -2.51. The molecule has 0 spiro atoms. The molecule has 3 heterocycles. The van der Waals surface area contributed by atoms with Crippen LogP contribution in [0.2, 0.25) is 0 Å². The van der Waals surface area contributed by atoms with E-state index in [-0.39, 0.29) is 36.0 Å². The lowest BCUT2D eigenvalue weighted by atomic mass is 9.99. The normalized spacial score (nSPS) is 13.8. The van der Waals surface area contributed by atoms with Gasteiger partial charge in [0.2, 0.25) is 0 Å². The highest BCUT2D eigenvalue weighted by molar-refractivity contribution is 5.91. The van der Waals surface area contributed by atoms with Gasteiger partial charge in [-0.1, -0.05) is 12.1 Å². The van der Waals surface area contributed by atoms with E-state index in [4.69, 9.17) is 0 Å². The Hall–Kier alpha value is -4.35. The van der Waals surface area contributed by atoms with Crippen molar-refractivity contribution >= 4 is 22.8 Å². The predicted octanol–water partition coefficient (Wildman–Crippen LogP) is 3.79. The van der Waals surface area contributed by atoms with Crippen molar-refractivity contribution in [2.45, 2.75) is 19.5 Å². The largest absolute Gasteiger partial charge is 0.433 e. The number of hydrogen-bond donors (Lipinski definition) is 2. The van der Waals surface area contributed by atoms with Crippen LogP contribution in [-0.2, 0) is 0 Å². The lowest BCUT2D eigenvalue weighted by molar-refractivity contribution is -0.0493. The third-order valence-corrected chi connectivity index (χ3v) is 5.70. The summed E-state index contributed by atoms with van der Waals surface area (Å²) in [5.74, 6) is -0.406. The number of para-hydroxylation sites is 2. The maximum absolute atomic E-state index is 13.3. The molecule has 0 radical (unpaired) electrons. The highest BCUT2D eigenvalue weighted by atomic mass is 19.3. The fourth-order valence-electron chi connectivity index (χ4n) is 3.94. The summed E-state index contributed by atoms with van der Waals surface area (Å²) < 4.78 is 44.5. The first-order chi connectivity index (χ1) is 16.8. The van der Waals surface area contributed by atoms with Gasteiger partial charge in [0.15, 0.2) is 5.65 Å². The van der Waals surface area contributed by atoms with Crippen LogP contribution < -0.4 is 15.6 Å². The molecular weight excluding hydrogens is 465 g/mol. The van der Waals surface area contributed by atoms with Gasteiger partial charge in [0, 0.05) is 13.1 Å². The van der Waals surface area contributed by atoms with Gasteiger partial charge >= 0.3 is 12.6 Å². The van der Waals surface area contributed by atoms with E-state index in [1.807, 2.05) is 0 Å². The first-order valence-electron chi connectivity index (χ1n) is 10.7. The molecule has 1 aliphatic heterocycles. The van der Waals surface area contributed by atoms with Gasteiger partial charge in [0.1, 0.15) is 22.8 Å². The van der Waals surface area contributed by atoms with Crippen molar-refractivity contribution in [3.8, 4) is 11.4 Å². The molecule has 2 aromatic carbocycles. The molecule has 2 aromatic heterocycles. The Morgan fingerprint density at radius 1 is 1.17 bits per heavy atom. The molecule has 1 aliphatic rings. The number of fused-ring (bicyclic) bond motifs is 1. The summed E-state index contributed by atoms with van der Waals surface area (Å²) in [6.45, 7) is -0.834. The maximum atomic E-state index is 13.3. The van der Waals surface area contributed by atoms with Crippen LogP contribution in [0.5, 0.6) is 5.75 Å². The number of halogens is 3. The Bertz CT molecular complexity index is 1460. The van der Waals surface area contributed by atoms with Crippen molar-refractivity contribution in [2.24, 2.45) is 0 Å². The number of hydrogen-bond acceptors (Lipinski definition) is 5. The molecule has 1 saturated heterocycles. The number of rotatable bonds is 5. The third-order valence-electron chi connectivity index (χ3n) is 5.70. The van der Waals surface area contributed by atoms with E-state index in [2.05, 4.69) is 25.1 Å². The number of amides is 2. The molecule has 35 heavy (non-hydrogen) atoms. The van der Waals surface area contributed by atoms with Crippen LogP contribution in [0, 0.1) is 12.7 Å². The lowest BCUT2D eigenvalue weighted by Gasteiger charge is -2.38. The van der Waals surface area contributed by atoms with E-state index in [1.54, 1.807) is 13.0 Å². The summed E-state index contributed by atoms with van der Waals surface area (Å²) in [7, 11) is 0. The number of aromatic amines is 1. The standard InChI is InChI=1S/C23H19F3N6O3/c1-12-18-20(32(30-12)15-8-6-14(24)7-9-15)28-19(29-21(18)33)13-10-31(11-13)23(34)27-16-4-2-3-5-17(16)35-22(25)26/h2-9,13,22H,10-11H2,1H3,(H,27,34)(H,28,29,33). The molecule has 0 aliphatic carbocycles. The van der Waals surface area contributed by atoms with Crippen LogP contribution >= 0.6 is 0 Å². The number of H-pyrrole nitrogens is 1. The zero-order chi connectivity index (χ0) is 24.7. The van der Waals surface area contributed by atoms with E-state index in [0.717, 1.165) is 0 Å². The van der Waals surface area contributed by atoms with Crippen molar-refractivity contribution in [2.75, 3.05) is 18.4 Å². The average molecular weight is 484 g/mol. The Kier molecular flexibility index (Phi) is 5.63. The van der Waals surface area contributed by atoms with Crippen LogP contribution in [-0.4, -0.2) is 50.4 Å². The minimum absolute atomic E-state index is 0.118. The second-order valence-electron chi connectivity index (χ2n) is 8.03. The van der Waals surface area contributed by atoms with Crippen LogP contribution in [0.3, 0.4) is 0 Å². The summed E-state index contributed by atoms with van der Waals surface area (Å²) in [6.07, 6.45) is 0. The Morgan fingerprint density at radius 3 is 2.60 bits per heavy atom. The van der Waals surface area contributed by atoms with Crippen LogP contribution in [0.4, 0.5) is 23.7 Å². The molecule has 1 fully saturated rings. The van der Waals surface area contributed by atoms with E-state index < -0.39 is 18.5 Å². The molecule has 180 valence electrons. The number of carbonyl (C=O) groups is 1. The quantitative estimate of drug-likeness (QED) is 0.449. The molecule has 12 heteroatoms. The minimum Gasteiger partial charge on any atom is -0.433 e. The van der Waals surface area contributed by atoms with Crippen LogP contribution in [0.25, 0.3) is 16.7 Å². The first kappa shape index (κ1) is 22.4. The van der Waals surface area contributed by atoms with Crippen LogP contribution in [0.15, 0.2) is 53.3 Å². The number of nitrogens with zero attached hydrogens (tertiary/aromatic N) is 4. The maximum Gasteiger partial charge on any atom is 0.387 e. The van der Waals surface area contributed by atoms with Gasteiger partial charge in [-0.3, -0.25) is 4.79 Å². The summed E-state index contributed by atoms with van der Waals surface area (Å²) >= 11 is 0. The summed E-state index contributed by atoms with van der Waals surface area (Å²) in [5.41, 5.74) is 1.11. The number of alkyl halides is 2. The number of anilines is 1. The third kappa shape index (κ3) is 4.29. The number of likely N-dealkylation sites (tertiary alicyclic amines) is 1. The molecular formula is C23H19F3N6O3. The molecule has 0 atom stereocenters. The Balaban J connectivity index is 1.35. The van der Waals surface area contributed by atoms with Gasteiger partial charge in [-0.05, 0) is 43.3 Å². The van der Waals surface area contributed by atoms with Gasteiger partial charge in [-0.2, -0.15) is 13.9 Å². The second kappa shape index (κ2) is 8.78. The topological polar surface area (TPSA) is 105 Å². The Labute approximate surface area is 196 Å². The predicted molar refractivity (Wildman–Crippen MR) is 121 cm³/mol. The van der Waals surface area contributed by atoms with Gasteiger partial charge < -0.3 is 19.9 Å². The van der Waals surface area contributed by atoms with Crippen LogP contribution in [0.1, 0.15) is 17.4 Å². The highest BCUT2D eigenvalue weighted by Crippen LogP contribution is 2.29. The molecule has 9 nitrogen and oxygen atoms in total. The van der Waals surface area contributed by atoms with E-state index in [9.17, 15) is 22.8 Å². The van der Waals surface area contributed by atoms with E-state index in [0.29, 0.717) is 28.2 Å². The molecule has 0 unspecified atom stereocenters. The average Bonchev–Trinajstić information content (AvgIpc) is 3.11. The zero-order valence-corrected chi connectivity index (χ0v) is 18.3. The number of carbonyl (C=O) groups excluding carboxylic acids is 1. The summed E-state index contributed by atoms with van der Waals surface area (Å²) in [5, 5.41) is 7.27. The number of benzene rings is 2. The molecule has 2 N–H and O–H groups in total. The van der Waals surface area contributed by atoms with Crippen molar-refractivity contribution in [1.82, 2.24) is 24.6 Å². The van der Waals surface area contributed by atoms with Gasteiger partial charge in [0.05, 0.1) is 23.0 Å². The zero-order valence-electron chi connectivity index (χ0n) is 18.3. The van der Waals surface area contributed by atoms with E-state index >= 15 is 0 Å². The number of ether oxygens (including phenoxy) is 1. The van der Waals surface area contributed by atoms with Crippen molar-refractivity contribution in [3.63, 3.8) is 0 Å². The van der Waals surface area contributed by atoms with E-state index in [1.165, 1.54) is 52.0 Å². The summed E-state index contributed by atoms with van der Waals surface area (Å²) in [6, 6.07) is 11.0. The molecule has 4 aromatic rings. The first-order valence-corrected chi connectivity index (χ1v) is 10.7. The molecule has 2 amide bonds. The molecule has 0 bridgehead atoms. The fourth-order valence-corrected chi connectivity index (χ4v) is 3.94. The minimum atomic E-state index is -3.02. The molecule has 5 rings (SSSR count). The van der Waals surface area contributed by atoms with Gasteiger partial charge in [0.25, 0.3) is 5.56 Å². The van der Waals surface area contributed by atoms with Crippen molar-refractivity contribution in [1.29, 1.82) is 0 Å². The SMILES string of the molecule is Cc1nn(-c2ccc(F)cc2)c2nc(C3CN(C(=O)Nc4ccccc4OC(F)F)C3)[nH]c(=O)c12. The monoisotopic (exact) mass is 484 g/mol. The van der Waals surface area contributed by atoms with Crippen molar-refractivity contribution in [3.05, 3.63) is 76.2 Å². The van der Waals surface area contributed by atoms with Gasteiger partial charge in [-0.25, -0.2) is 18.9 Å². The number of nitrogens with one attached hydrogen (secondary N) is 2. The fraction of sp³-hybridized carbons (Fsp3) is 0.217. The summed E-state index contributed by atoms with van der Waals surface area (Å²) in [4.78, 5) is 34.2.